The molecule has 1 atom stereocenters. The number of carbonyl (C=O) groups is 2. The molecule has 3 N–H and O–H groups in total. The van der Waals surface area contributed by atoms with E-state index < -0.39 is 17.8 Å². The van der Waals surface area contributed by atoms with Crippen LogP contribution in [0.4, 0.5) is 5.69 Å². The highest BCUT2D eigenvalue weighted by Crippen LogP contribution is 2.31. The van der Waals surface area contributed by atoms with E-state index in [-0.39, 0.29) is 19.0 Å². The van der Waals surface area contributed by atoms with Gasteiger partial charge in [0.1, 0.15) is 5.92 Å². The van der Waals surface area contributed by atoms with Crippen LogP contribution in [0.15, 0.2) is 6.20 Å². The minimum absolute atomic E-state index is 0.220. The molecule has 1 saturated heterocycles. The molecule has 1 aliphatic heterocycles. The second kappa shape index (κ2) is 9.88. The first-order valence-electron chi connectivity index (χ1n) is 10.7. The standard InChI is InChI=1S/C21H31N5O4/c1-4-14(21(28)29)20(27)22-11-15-17(5-2)25-19-16(12-23-26(19)6-3)18(15)24-13-7-9-30-10-8-13/h12-14H,4-11H2,1-3H3,(H,22,27)(H,24,25)(H,28,29). The Bertz CT molecular complexity index is 904. The molecule has 1 fully saturated rings. The molecule has 2 aromatic rings. The zero-order valence-corrected chi connectivity index (χ0v) is 17.9. The average molecular weight is 418 g/mol. The van der Waals surface area contributed by atoms with Gasteiger partial charge in [-0.05, 0) is 32.6 Å². The first-order valence-corrected chi connectivity index (χ1v) is 10.7. The number of hydrogen-bond donors (Lipinski definition) is 3. The maximum atomic E-state index is 12.4. The number of pyridine rings is 1. The lowest BCUT2D eigenvalue weighted by Crippen LogP contribution is -2.35. The zero-order chi connectivity index (χ0) is 21.7. The Hall–Kier alpha value is -2.68. The van der Waals surface area contributed by atoms with Gasteiger partial charge in [0.05, 0.1) is 17.3 Å². The third-order valence-corrected chi connectivity index (χ3v) is 5.64. The van der Waals surface area contributed by atoms with Crippen molar-refractivity contribution in [3.63, 3.8) is 0 Å². The van der Waals surface area contributed by atoms with Gasteiger partial charge >= 0.3 is 5.97 Å². The molecule has 1 amide bonds. The number of ether oxygens (including phenoxy) is 1. The highest BCUT2D eigenvalue weighted by Gasteiger charge is 2.26. The zero-order valence-electron chi connectivity index (χ0n) is 17.9. The molecule has 0 saturated carbocycles. The lowest BCUT2D eigenvalue weighted by Gasteiger charge is -2.26. The van der Waals surface area contributed by atoms with Gasteiger partial charge in [0.2, 0.25) is 5.91 Å². The maximum Gasteiger partial charge on any atom is 0.316 e. The van der Waals surface area contributed by atoms with E-state index in [4.69, 9.17) is 9.72 Å². The Morgan fingerprint density at radius 2 is 2.03 bits per heavy atom. The molecule has 9 heteroatoms. The number of carboxylic acid groups (broad SMARTS) is 1. The lowest BCUT2D eigenvalue weighted by atomic mass is 10.0. The number of nitrogens with one attached hydrogen (secondary N) is 2. The number of hydrogen-bond acceptors (Lipinski definition) is 6. The van der Waals surface area contributed by atoms with Crippen LogP contribution in [0, 0.1) is 5.92 Å². The van der Waals surface area contributed by atoms with Gasteiger partial charge in [0.15, 0.2) is 5.65 Å². The Morgan fingerprint density at radius 1 is 1.30 bits per heavy atom. The molecular formula is C21H31N5O4. The first-order chi connectivity index (χ1) is 14.5. The third-order valence-electron chi connectivity index (χ3n) is 5.64. The van der Waals surface area contributed by atoms with E-state index in [0.717, 1.165) is 40.8 Å². The topological polar surface area (TPSA) is 118 Å². The summed E-state index contributed by atoms with van der Waals surface area (Å²) in [6.45, 7) is 8.10. The fraction of sp³-hybridized carbons (Fsp3) is 0.619. The van der Waals surface area contributed by atoms with Gasteiger partial charge in [-0.15, -0.1) is 0 Å². The summed E-state index contributed by atoms with van der Waals surface area (Å²) in [5.41, 5.74) is 3.50. The first kappa shape index (κ1) is 22.0. The van der Waals surface area contributed by atoms with E-state index in [1.54, 1.807) is 6.92 Å². The number of aryl methyl sites for hydroxylation is 2. The molecule has 9 nitrogen and oxygen atoms in total. The van der Waals surface area contributed by atoms with E-state index in [2.05, 4.69) is 15.7 Å². The number of carboxylic acids is 1. The van der Waals surface area contributed by atoms with E-state index in [0.29, 0.717) is 26.2 Å². The smallest absolute Gasteiger partial charge is 0.316 e. The van der Waals surface area contributed by atoms with Gasteiger partial charge in [0.25, 0.3) is 0 Å². The van der Waals surface area contributed by atoms with Crippen molar-refractivity contribution in [2.45, 2.75) is 65.6 Å². The molecule has 0 spiro atoms. The van der Waals surface area contributed by atoms with Gasteiger partial charge in [-0.2, -0.15) is 5.10 Å². The number of amides is 1. The fourth-order valence-corrected chi connectivity index (χ4v) is 3.87. The van der Waals surface area contributed by atoms with Crippen molar-refractivity contribution < 1.29 is 19.4 Å². The number of aliphatic carboxylic acids is 1. The highest BCUT2D eigenvalue weighted by atomic mass is 16.5. The van der Waals surface area contributed by atoms with Gasteiger partial charge < -0.3 is 20.5 Å². The monoisotopic (exact) mass is 417 g/mol. The van der Waals surface area contributed by atoms with Crippen molar-refractivity contribution in [2.75, 3.05) is 18.5 Å². The van der Waals surface area contributed by atoms with Crippen LogP contribution < -0.4 is 10.6 Å². The summed E-state index contributed by atoms with van der Waals surface area (Å²) in [6.07, 6.45) is 4.54. The van der Waals surface area contributed by atoms with E-state index >= 15 is 0 Å². The van der Waals surface area contributed by atoms with Crippen LogP contribution in [-0.2, 0) is 33.8 Å². The normalized spacial score (nSPS) is 15.8. The molecule has 0 bridgehead atoms. The number of anilines is 1. The number of aromatic nitrogens is 3. The molecule has 2 aromatic heterocycles. The summed E-state index contributed by atoms with van der Waals surface area (Å²) in [5, 5.41) is 21.1. The Morgan fingerprint density at radius 3 is 2.63 bits per heavy atom. The van der Waals surface area contributed by atoms with Gasteiger partial charge in [-0.3, -0.25) is 9.59 Å². The van der Waals surface area contributed by atoms with Crippen molar-refractivity contribution in [1.29, 1.82) is 0 Å². The van der Waals surface area contributed by atoms with Gasteiger partial charge in [-0.1, -0.05) is 13.8 Å². The molecule has 1 unspecified atom stereocenters. The minimum Gasteiger partial charge on any atom is -0.481 e. The molecule has 0 aliphatic carbocycles. The van der Waals surface area contributed by atoms with Crippen LogP contribution in [0.2, 0.25) is 0 Å². The van der Waals surface area contributed by atoms with Crippen LogP contribution in [0.1, 0.15) is 51.3 Å². The van der Waals surface area contributed by atoms with E-state index in [9.17, 15) is 14.7 Å². The molecule has 0 radical (unpaired) electrons. The summed E-state index contributed by atoms with van der Waals surface area (Å²) in [7, 11) is 0. The summed E-state index contributed by atoms with van der Waals surface area (Å²) < 4.78 is 7.34. The predicted octanol–water partition coefficient (Wildman–Crippen LogP) is 2.33. The largest absolute Gasteiger partial charge is 0.481 e. The van der Waals surface area contributed by atoms with Crippen LogP contribution in [0.3, 0.4) is 0 Å². The van der Waals surface area contributed by atoms with Crippen molar-refractivity contribution in [3.05, 3.63) is 17.5 Å². The molecule has 1 aliphatic rings. The van der Waals surface area contributed by atoms with Crippen molar-refractivity contribution in [3.8, 4) is 0 Å². The summed E-state index contributed by atoms with van der Waals surface area (Å²) in [5.74, 6) is -2.64. The average Bonchev–Trinajstić information content (AvgIpc) is 3.16. The van der Waals surface area contributed by atoms with Crippen LogP contribution in [-0.4, -0.2) is 51.0 Å². The van der Waals surface area contributed by atoms with E-state index in [1.165, 1.54) is 0 Å². The van der Waals surface area contributed by atoms with Crippen molar-refractivity contribution in [2.24, 2.45) is 5.92 Å². The highest BCUT2D eigenvalue weighted by molar-refractivity contribution is 5.97. The van der Waals surface area contributed by atoms with Crippen LogP contribution in [0.25, 0.3) is 11.0 Å². The summed E-state index contributed by atoms with van der Waals surface area (Å²) in [4.78, 5) is 28.6. The lowest BCUT2D eigenvalue weighted by molar-refractivity contribution is -0.147. The third kappa shape index (κ3) is 4.56. The number of carbonyl (C=O) groups excluding carboxylic acids is 1. The van der Waals surface area contributed by atoms with Crippen LogP contribution >= 0.6 is 0 Å². The summed E-state index contributed by atoms with van der Waals surface area (Å²) >= 11 is 0. The predicted molar refractivity (Wildman–Crippen MR) is 113 cm³/mol. The quantitative estimate of drug-likeness (QED) is 0.536. The Kier molecular flexibility index (Phi) is 7.25. The molecular weight excluding hydrogens is 386 g/mol. The van der Waals surface area contributed by atoms with Crippen LogP contribution in [0.5, 0.6) is 0 Å². The van der Waals surface area contributed by atoms with Gasteiger partial charge in [-0.25, -0.2) is 9.67 Å². The Balaban J connectivity index is 1.98. The SMILES string of the molecule is CCc1nc2c(cnn2CC)c(NC2CCOCC2)c1CNC(=O)C(CC)C(=O)O. The van der Waals surface area contributed by atoms with Crippen molar-refractivity contribution in [1.82, 2.24) is 20.1 Å². The molecule has 0 aromatic carbocycles. The fourth-order valence-electron chi connectivity index (χ4n) is 3.87. The molecule has 3 rings (SSSR count). The molecule has 3 heterocycles. The number of fused-ring (bicyclic) bond motifs is 1. The van der Waals surface area contributed by atoms with Crippen molar-refractivity contribution >= 4 is 28.6 Å². The summed E-state index contributed by atoms with van der Waals surface area (Å²) in [6, 6.07) is 0.260. The molecule has 30 heavy (non-hydrogen) atoms. The minimum atomic E-state index is -1.11. The van der Waals surface area contributed by atoms with E-state index in [1.807, 2.05) is 24.7 Å². The van der Waals surface area contributed by atoms with Gasteiger partial charge in [0, 0.05) is 43.6 Å². The second-order valence-corrected chi connectivity index (χ2v) is 7.51. The number of nitrogens with zero attached hydrogens (tertiary/aromatic N) is 3. The number of rotatable bonds is 9. The molecule has 164 valence electrons. The second-order valence-electron chi connectivity index (χ2n) is 7.51. The maximum absolute atomic E-state index is 12.4. The Labute approximate surface area is 176 Å².